The summed E-state index contributed by atoms with van der Waals surface area (Å²) >= 11 is 4.58. The van der Waals surface area contributed by atoms with E-state index in [4.69, 9.17) is 0 Å². The third kappa shape index (κ3) is 2.63. The fraction of sp³-hybridized carbons (Fsp3) is 0.200. The van der Waals surface area contributed by atoms with E-state index in [0.29, 0.717) is 0 Å². The Kier molecular flexibility index (Phi) is 3.14. The molecule has 0 saturated heterocycles. The van der Waals surface area contributed by atoms with Crippen LogP contribution in [0.3, 0.4) is 0 Å². The van der Waals surface area contributed by atoms with Gasteiger partial charge in [0.2, 0.25) is 5.69 Å². The number of aryl methyl sites for hydroxylation is 2. The molecule has 0 aromatic heterocycles. The molecule has 3 heteroatoms. The van der Waals surface area contributed by atoms with E-state index < -0.39 is 0 Å². The third-order valence-corrected chi connectivity index (χ3v) is 1.99. The molecule has 0 amide bonds. The van der Waals surface area contributed by atoms with Gasteiger partial charge in [0.15, 0.2) is 0 Å². The number of benzene rings is 1. The van der Waals surface area contributed by atoms with E-state index in [1.165, 1.54) is 5.37 Å². The highest BCUT2D eigenvalue weighted by Gasteiger charge is 2.04. The average molecular weight is 194 g/mol. The molecule has 13 heavy (non-hydrogen) atoms. The van der Waals surface area contributed by atoms with Gasteiger partial charge >= 0.3 is 5.90 Å². The van der Waals surface area contributed by atoms with Crippen molar-refractivity contribution < 1.29 is 10.1 Å². The Bertz CT molecular complexity index is 358. The van der Waals surface area contributed by atoms with Gasteiger partial charge in [-0.1, -0.05) is 24.4 Å². The monoisotopic (exact) mass is 194 g/mol. The van der Waals surface area contributed by atoms with E-state index in [0.717, 1.165) is 16.8 Å². The zero-order valence-corrected chi connectivity index (χ0v) is 8.48. The topological polar surface area (TPSA) is 34.2 Å². The molecule has 0 heterocycles. The van der Waals surface area contributed by atoms with Gasteiger partial charge in [-0.15, -0.1) is 0 Å². The maximum atomic E-state index is 9.17. The molecule has 0 fully saturated rings. The smallest absolute Gasteiger partial charge is 0.375 e. The minimum absolute atomic E-state index is 0.00343. The van der Waals surface area contributed by atoms with Gasteiger partial charge in [0, 0.05) is 11.6 Å². The Balaban J connectivity index is 3.13. The Hall–Kier alpha value is -1.22. The van der Waals surface area contributed by atoms with Crippen molar-refractivity contribution in [1.82, 2.24) is 0 Å². The molecule has 1 rings (SSSR count). The molecule has 0 unspecified atom stereocenters. The summed E-state index contributed by atoms with van der Waals surface area (Å²) < 4.78 is 0. The zero-order chi connectivity index (χ0) is 9.84. The number of hydrogen-bond acceptors (Lipinski definition) is 1. The molecule has 68 valence electrons. The van der Waals surface area contributed by atoms with Gasteiger partial charge in [-0.3, -0.25) is 0 Å². The van der Waals surface area contributed by atoms with Crippen LogP contribution in [0.1, 0.15) is 11.1 Å². The second kappa shape index (κ2) is 4.14. The fourth-order valence-corrected chi connectivity index (χ4v) is 1.10. The Morgan fingerprint density at radius 1 is 1.46 bits per heavy atom. The summed E-state index contributed by atoms with van der Waals surface area (Å²) in [5.41, 5.74) is 3.11. The Morgan fingerprint density at radius 2 is 2.15 bits per heavy atom. The summed E-state index contributed by atoms with van der Waals surface area (Å²) in [5, 5.41) is 10.4. The van der Waals surface area contributed by atoms with E-state index in [1.807, 2.05) is 32.0 Å². The summed E-state index contributed by atoms with van der Waals surface area (Å²) in [4.78, 5) is 2.81. The quantitative estimate of drug-likeness (QED) is 0.418. The molecule has 0 aliphatic rings. The van der Waals surface area contributed by atoms with E-state index >= 15 is 0 Å². The normalized spacial score (nSPS) is 11.4. The van der Waals surface area contributed by atoms with Crippen LogP contribution >= 0.6 is 12.2 Å². The van der Waals surface area contributed by atoms with Gasteiger partial charge in [-0.25, -0.2) is 0 Å². The number of rotatable bonds is 2. The number of thiocarbonyl (C=S) groups is 1. The lowest BCUT2D eigenvalue weighted by molar-refractivity contribution is -0.362. The number of aliphatic hydroxyl groups excluding tert-OH is 1. The fourth-order valence-electron chi connectivity index (χ4n) is 1.04. The Labute approximate surface area is 82.9 Å². The van der Waals surface area contributed by atoms with Gasteiger partial charge < -0.3 is 5.11 Å². The first kappa shape index (κ1) is 9.86. The van der Waals surface area contributed by atoms with Gasteiger partial charge in [0.05, 0.1) is 0 Å². The van der Waals surface area contributed by atoms with Crippen LogP contribution in [0.5, 0.6) is 0 Å². The summed E-state index contributed by atoms with van der Waals surface area (Å²) in [6.45, 7) is 3.97. The van der Waals surface area contributed by atoms with Crippen LogP contribution in [0, 0.1) is 13.8 Å². The predicted octanol–water partition coefficient (Wildman–Crippen LogP) is 0.972. The van der Waals surface area contributed by atoms with Gasteiger partial charge in [-0.05, 0) is 19.4 Å². The highest BCUT2D eigenvalue weighted by Crippen LogP contribution is 2.09. The summed E-state index contributed by atoms with van der Waals surface area (Å²) in [6, 6.07) is 5.98. The van der Waals surface area contributed by atoms with Gasteiger partial charge in [-0.2, -0.15) is 4.99 Å². The first-order valence-electron chi connectivity index (χ1n) is 3.99. The number of aliphatic hydroxyl groups is 1. The molecule has 0 saturated carbocycles. The lowest BCUT2D eigenvalue weighted by atomic mass is 10.1. The molecule has 2 N–H and O–H groups in total. The lowest BCUT2D eigenvalue weighted by Crippen LogP contribution is -2.67. The predicted molar refractivity (Wildman–Crippen MR) is 57.8 cm³/mol. The molecular weight excluding hydrogens is 182 g/mol. The van der Waals surface area contributed by atoms with Crippen molar-refractivity contribution in [3.63, 3.8) is 0 Å². The maximum absolute atomic E-state index is 9.17. The second-order valence-electron chi connectivity index (χ2n) is 2.95. The van der Waals surface area contributed by atoms with Gasteiger partial charge in [0.1, 0.15) is 5.37 Å². The van der Waals surface area contributed by atoms with Crippen LogP contribution in [0.15, 0.2) is 18.2 Å². The summed E-state index contributed by atoms with van der Waals surface area (Å²) in [7, 11) is 0. The largest absolute Gasteiger partial charge is 0.459 e. The SMILES string of the molecule is Cc1ccc(C)c([NH+]=C(O)C=S)c1. The van der Waals surface area contributed by atoms with Crippen molar-refractivity contribution >= 4 is 29.2 Å². The van der Waals surface area contributed by atoms with Crippen LogP contribution in [0.2, 0.25) is 0 Å². The van der Waals surface area contributed by atoms with E-state index in [2.05, 4.69) is 17.2 Å². The third-order valence-electron chi connectivity index (χ3n) is 1.77. The van der Waals surface area contributed by atoms with E-state index in [-0.39, 0.29) is 5.90 Å². The molecule has 0 aliphatic heterocycles. The van der Waals surface area contributed by atoms with Crippen LogP contribution in [-0.4, -0.2) is 16.4 Å². The minimum Gasteiger partial charge on any atom is -0.459 e. The summed E-state index contributed by atoms with van der Waals surface area (Å²) in [5.74, 6) is 0.00343. The second-order valence-corrected chi connectivity index (χ2v) is 3.18. The summed E-state index contributed by atoms with van der Waals surface area (Å²) in [6.07, 6.45) is 0. The van der Waals surface area contributed by atoms with E-state index in [1.54, 1.807) is 0 Å². The first-order chi connectivity index (χ1) is 6.13. The van der Waals surface area contributed by atoms with Crippen LogP contribution < -0.4 is 4.99 Å². The molecule has 0 radical (unpaired) electrons. The highest BCUT2D eigenvalue weighted by atomic mass is 32.1. The molecule has 0 aliphatic carbocycles. The molecule has 0 spiro atoms. The van der Waals surface area contributed by atoms with Gasteiger partial charge in [0.25, 0.3) is 0 Å². The minimum atomic E-state index is 0.00343. The van der Waals surface area contributed by atoms with Crippen molar-refractivity contribution in [2.24, 2.45) is 0 Å². The molecule has 2 nitrogen and oxygen atoms in total. The van der Waals surface area contributed by atoms with Crippen LogP contribution in [0.25, 0.3) is 0 Å². The van der Waals surface area contributed by atoms with Crippen LogP contribution in [0.4, 0.5) is 5.69 Å². The molecule has 1 aromatic carbocycles. The Morgan fingerprint density at radius 3 is 2.77 bits per heavy atom. The molecular formula is C10H12NOS+. The molecule has 0 bridgehead atoms. The molecule has 0 atom stereocenters. The van der Waals surface area contributed by atoms with E-state index in [9.17, 15) is 5.11 Å². The standard InChI is InChI=1S/C10H11NOS/c1-7-3-4-8(2)9(5-7)11-10(12)6-13/h3-6H,1-2H3,(H,11,12)/p+1. The van der Waals surface area contributed by atoms with Crippen molar-refractivity contribution in [2.75, 3.05) is 0 Å². The van der Waals surface area contributed by atoms with Crippen LogP contribution in [-0.2, 0) is 0 Å². The molecule has 1 aromatic rings. The number of hydrogen-bond donors (Lipinski definition) is 2. The highest BCUT2D eigenvalue weighted by molar-refractivity contribution is 7.80. The van der Waals surface area contributed by atoms with Crippen molar-refractivity contribution in [2.45, 2.75) is 13.8 Å². The van der Waals surface area contributed by atoms with Crippen molar-refractivity contribution in [1.29, 1.82) is 0 Å². The lowest BCUT2D eigenvalue weighted by Gasteiger charge is -1.95. The van der Waals surface area contributed by atoms with Crippen molar-refractivity contribution in [3.8, 4) is 0 Å². The average Bonchev–Trinajstić information content (AvgIpc) is 2.11. The van der Waals surface area contributed by atoms with Crippen molar-refractivity contribution in [3.05, 3.63) is 29.3 Å². The first-order valence-corrected chi connectivity index (χ1v) is 4.46. The number of nitrogens with one attached hydrogen (secondary N) is 1. The maximum Gasteiger partial charge on any atom is 0.375 e. The zero-order valence-electron chi connectivity index (χ0n) is 7.66.